The van der Waals surface area contributed by atoms with Gasteiger partial charge in [0, 0.05) is 37.6 Å². The third-order valence-electron chi connectivity index (χ3n) is 4.32. The van der Waals surface area contributed by atoms with Crippen LogP contribution in [0.1, 0.15) is 21.1 Å². The molecule has 1 aromatic carbocycles. The number of carbonyl (C=O) groups is 2. The summed E-state index contributed by atoms with van der Waals surface area (Å²) < 4.78 is 4.59. The van der Waals surface area contributed by atoms with Crippen LogP contribution in [0.4, 0.5) is 11.4 Å². The molecular weight excluding hydrogens is 370 g/mol. The summed E-state index contributed by atoms with van der Waals surface area (Å²) in [5, 5.41) is 2.74. The van der Waals surface area contributed by atoms with Gasteiger partial charge in [-0.3, -0.25) is 4.79 Å². The summed E-state index contributed by atoms with van der Waals surface area (Å²) in [6.07, 6.45) is 1.20. The highest BCUT2D eigenvalue weighted by atomic mass is 35.5. The Hall–Kier alpha value is -2.71. The first-order valence-corrected chi connectivity index (χ1v) is 8.81. The van der Waals surface area contributed by atoms with Crippen LogP contribution >= 0.6 is 11.6 Å². The minimum Gasteiger partial charge on any atom is -0.464 e. The van der Waals surface area contributed by atoms with Crippen molar-refractivity contribution in [1.82, 2.24) is 14.9 Å². The number of piperazine rings is 1. The van der Waals surface area contributed by atoms with Crippen LogP contribution in [0, 0.1) is 0 Å². The number of anilines is 2. The summed E-state index contributed by atoms with van der Waals surface area (Å²) in [7, 11) is 3.32. The van der Waals surface area contributed by atoms with Gasteiger partial charge in [-0.25, -0.2) is 14.8 Å². The highest BCUT2D eigenvalue weighted by Gasteiger charge is 2.18. The van der Waals surface area contributed by atoms with Gasteiger partial charge >= 0.3 is 5.97 Å². The maximum absolute atomic E-state index is 12.4. The second-order valence-corrected chi connectivity index (χ2v) is 6.58. The van der Waals surface area contributed by atoms with E-state index in [1.165, 1.54) is 13.3 Å². The van der Waals surface area contributed by atoms with Crippen LogP contribution < -0.4 is 10.2 Å². The molecule has 9 heteroatoms. The molecule has 1 fully saturated rings. The number of rotatable bonds is 4. The molecule has 0 radical (unpaired) electrons. The first-order chi connectivity index (χ1) is 13.0. The number of hydrogen-bond acceptors (Lipinski definition) is 7. The number of amides is 1. The fraction of sp³-hybridized carbons (Fsp3) is 0.333. The molecule has 0 spiro atoms. The summed E-state index contributed by atoms with van der Waals surface area (Å²) in [6.45, 7) is 3.98. The van der Waals surface area contributed by atoms with E-state index in [9.17, 15) is 9.59 Å². The molecule has 2 heterocycles. The average molecular weight is 390 g/mol. The van der Waals surface area contributed by atoms with E-state index in [0.717, 1.165) is 31.9 Å². The third kappa shape index (κ3) is 4.53. The van der Waals surface area contributed by atoms with E-state index >= 15 is 0 Å². The average Bonchev–Trinajstić information content (AvgIpc) is 2.69. The number of halogens is 1. The molecule has 142 valence electrons. The minimum atomic E-state index is -0.729. The number of esters is 1. The van der Waals surface area contributed by atoms with Crippen LogP contribution in [0.5, 0.6) is 0 Å². The highest BCUT2D eigenvalue weighted by Crippen LogP contribution is 2.20. The monoisotopic (exact) mass is 389 g/mol. The summed E-state index contributed by atoms with van der Waals surface area (Å²) in [4.78, 5) is 36.4. The van der Waals surface area contributed by atoms with Crippen molar-refractivity contribution in [3.05, 3.63) is 47.0 Å². The van der Waals surface area contributed by atoms with E-state index in [4.69, 9.17) is 11.6 Å². The van der Waals surface area contributed by atoms with Crippen LogP contribution in [0.2, 0.25) is 5.02 Å². The lowest BCUT2D eigenvalue weighted by Gasteiger charge is -2.34. The molecule has 2 aromatic rings. The molecule has 0 atom stereocenters. The molecule has 27 heavy (non-hydrogen) atoms. The smallest absolute Gasteiger partial charge is 0.358 e. The van der Waals surface area contributed by atoms with Crippen LogP contribution in [-0.4, -0.2) is 67.1 Å². The quantitative estimate of drug-likeness (QED) is 0.799. The van der Waals surface area contributed by atoms with Gasteiger partial charge < -0.3 is 19.9 Å². The van der Waals surface area contributed by atoms with Crippen molar-refractivity contribution in [3.63, 3.8) is 0 Å². The van der Waals surface area contributed by atoms with E-state index in [0.29, 0.717) is 5.69 Å². The SMILES string of the molecule is COC(=O)c1nc(C(=O)Nc2ccc(N3CCN(C)CC3)cc2)ncc1Cl. The Morgan fingerprint density at radius 2 is 1.81 bits per heavy atom. The Morgan fingerprint density at radius 3 is 2.44 bits per heavy atom. The number of hydrogen-bond donors (Lipinski definition) is 1. The molecule has 1 aliphatic heterocycles. The maximum Gasteiger partial charge on any atom is 0.358 e. The van der Waals surface area contributed by atoms with Crippen molar-refractivity contribution in [1.29, 1.82) is 0 Å². The summed E-state index contributed by atoms with van der Waals surface area (Å²) >= 11 is 5.87. The molecule has 0 saturated carbocycles. The van der Waals surface area contributed by atoms with E-state index in [1.54, 1.807) is 0 Å². The Labute approximate surface area is 162 Å². The van der Waals surface area contributed by atoms with Crippen molar-refractivity contribution in [2.24, 2.45) is 0 Å². The molecule has 1 aromatic heterocycles. The first kappa shape index (κ1) is 19.1. The highest BCUT2D eigenvalue weighted by molar-refractivity contribution is 6.33. The van der Waals surface area contributed by atoms with Crippen LogP contribution in [-0.2, 0) is 4.74 Å². The number of nitrogens with one attached hydrogen (secondary N) is 1. The lowest BCUT2D eigenvalue weighted by molar-refractivity contribution is 0.0594. The molecule has 8 nitrogen and oxygen atoms in total. The van der Waals surface area contributed by atoms with Gasteiger partial charge in [0.1, 0.15) is 0 Å². The summed E-state index contributed by atoms with van der Waals surface area (Å²) in [5.74, 6) is -1.43. The van der Waals surface area contributed by atoms with Crippen molar-refractivity contribution in [3.8, 4) is 0 Å². The molecule has 0 unspecified atom stereocenters. The van der Waals surface area contributed by atoms with Gasteiger partial charge in [-0.15, -0.1) is 0 Å². The number of likely N-dealkylation sites (N-methyl/N-ethyl adjacent to an activating group) is 1. The molecule has 1 amide bonds. The minimum absolute atomic E-state index is 0.0231. The summed E-state index contributed by atoms with van der Waals surface area (Å²) in [5.41, 5.74) is 1.57. The second-order valence-electron chi connectivity index (χ2n) is 6.17. The van der Waals surface area contributed by atoms with Crippen LogP contribution in [0.15, 0.2) is 30.5 Å². The number of methoxy groups -OCH3 is 1. The van der Waals surface area contributed by atoms with Gasteiger partial charge in [0.05, 0.1) is 18.3 Å². The fourth-order valence-corrected chi connectivity index (χ4v) is 2.89. The summed E-state index contributed by atoms with van der Waals surface area (Å²) in [6, 6.07) is 7.57. The predicted octanol–water partition coefficient (Wildman–Crippen LogP) is 1.92. The zero-order chi connectivity index (χ0) is 19.4. The zero-order valence-electron chi connectivity index (χ0n) is 15.1. The van der Waals surface area contributed by atoms with Gasteiger partial charge in [-0.05, 0) is 31.3 Å². The lowest BCUT2D eigenvalue weighted by atomic mass is 10.2. The fourth-order valence-electron chi connectivity index (χ4n) is 2.72. The number of aromatic nitrogens is 2. The van der Waals surface area contributed by atoms with Crippen molar-refractivity contribution < 1.29 is 14.3 Å². The number of nitrogens with zero attached hydrogens (tertiary/aromatic N) is 4. The molecule has 0 bridgehead atoms. The molecule has 3 rings (SSSR count). The maximum atomic E-state index is 12.4. The Balaban J connectivity index is 1.68. The Morgan fingerprint density at radius 1 is 1.15 bits per heavy atom. The second kappa shape index (κ2) is 8.32. The normalized spacial score (nSPS) is 14.7. The van der Waals surface area contributed by atoms with E-state index in [1.807, 2.05) is 24.3 Å². The van der Waals surface area contributed by atoms with Gasteiger partial charge in [-0.2, -0.15) is 0 Å². The van der Waals surface area contributed by atoms with Crippen molar-refractivity contribution in [2.75, 3.05) is 50.6 Å². The van der Waals surface area contributed by atoms with E-state index in [-0.39, 0.29) is 16.5 Å². The van der Waals surface area contributed by atoms with Gasteiger partial charge in [-0.1, -0.05) is 11.6 Å². The zero-order valence-corrected chi connectivity index (χ0v) is 15.9. The number of carbonyl (C=O) groups excluding carboxylic acids is 2. The topological polar surface area (TPSA) is 87.7 Å². The van der Waals surface area contributed by atoms with E-state index < -0.39 is 11.9 Å². The number of benzene rings is 1. The van der Waals surface area contributed by atoms with Gasteiger partial charge in [0.25, 0.3) is 5.91 Å². The Kier molecular flexibility index (Phi) is 5.88. The predicted molar refractivity (Wildman–Crippen MR) is 102 cm³/mol. The molecule has 0 aliphatic carbocycles. The first-order valence-electron chi connectivity index (χ1n) is 8.43. The molecular formula is C18H20ClN5O3. The van der Waals surface area contributed by atoms with Gasteiger partial charge in [0.15, 0.2) is 5.69 Å². The largest absolute Gasteiger partial charge is 0.464 e. The molecule has 1 saturated heterocycles. The van der Waals surface area contributed by atoms with Crippen molar-refractivity contribution >= 4 is 34.9 Å². The number of ether oxygens (including phenoxy) is 1. The molecule has 1 N–H and O–H groups in total. The standard InChI is InChI=1S/C18H20ClN5O3/c1-23-7-9-24(10-8-23)13-5-3-12(4-6-13)21-17(25)16-20-11-14(19)15(22-16)18(26)27-2/h3-6,11H,7-10H2,1-2H3,(H,21,25). The van der Waals surface area contributed by atoms with Crippen LogP contribution in [0.3, 0.4) is 0 Å². The van der Waals surface area contributed by atoms with Crippen LogP contribution in [0.25, 0.3) is 0 Å². The van der Waals surface area contributed by atoms with Gasteiger partial charge in [0.2, 0.25) is 5.82 Å². The van der Waals surface area contributed by atoms with Crippen molar-refractivity contribution in [2.45, 2.75) is 0 Å². The van der Waals surface area contributed by atoms with E-state index in [2.05, 4.69) is 36.9 Å². The molecule has 1 aliphatic rings. The lowest BCUT2D eigenvalue weighted by Crippen LogP contribution is -2.44. The third-order valence-corrected chi connectivity index (χ3v) is 4.60. The Bertz CT molecular complexity index is 835.